The lowest BCUT2D eigenvalue weighted by molar-refractivity contribution is 0.223. The molecule has 2 unspecified atom stereocenters. The van der Waals surface area contributed by atoms with Gasteiger partial charge in [-0.25, -0.2) is 0 Å². The molecule has 0 aromatic heterocycles. The van der Waals surface area contributed by atoms with E-state index in [1.54, 1.807) is 7.11 Å². The average Bonchev–Trinajstić information content (AvgIpc) is 2.06. The number of ether oxygens (including phenoxy) is 1. The Morgan fingerprint density at radius 2 is 2.23 bits per heavy atom. The van der Waals surface area contributed by atoms with E-state index in [2.05, 4.69) is 26.5 Å². The lowest BCUT2D eigenvalue weighted by Crippen LogP contribution is -2.11. The molecule has 2 heteroatoms. The van der Waals surface area contributed by atoms with Crippen molar-refractivity contribution in [3.05, 3.63) is 24.4 Å². The van der Waals surface area contributed by atoms with E-state index in [9.17, 15) is 0 Å². The van der Waals surface area contributed by atoms with Gasteiger partial charge in [0.15, 0.2) is 0 Å². The Morgan fingerprint density at radius 1 is 1.62 bits per heavy atom. The minimum absolute atomic E-state index is 0.442. The normalized spacial score (nSPS) is 16.7. The van der Waals surface area contributed by atoms with Crippen molar-refractivity contribution in [3.63, 3.8) is 0 Å². The van der Waals surface area contributed by atoms with Gasteiger partial charge >= 0.3 is 0 Å². The quantitative estimate of drug-likeness (QED) is 0.641. The first-order chi connectivity index (χ1) is 6.15. The Labute approximate surface area is 81.5 Å². The van der Waals surface area contributed by atoms with Crippen LogP contribution in [0.2, 0.25) is 0 Å². The second-order valence-electron chi connectivity index (χ2n) is 3.34. The summed E-state index contributed by atoms with van der Waals surface area (Å²) >= 11 is 0. The molecule has 0 amide bonds. The van der Waals surface area contributed by atoms with Crippen molar-refractivity contribution < 1.29 is 4.74 Å². The monoisotopic (exact) mass is 183 g/mol. The molecule has 0 saturated carbocycles. The summed E-state index contributed by atoms with van der Waals surface area (Å²) < 4.78 is 4.93. The van der Waals surface area contributed by atoms with E-state index < -0.39 is 0 Å². The van der Waals surface area contributed by atoms with Gasteiger partial charge in [-0.05, 0) is 18.3 Å². The van der Waals surface area contributed by atoms with Crippen molar-refractivity contribution in [1.82, 2.24) is 0 Å². The average molecular weight is 183 g/mol. The molecular formula is C11H21NO. The van der Waals surface area contributed by atoms with Crippen LogP contribution in [0, 0.1) is 11.8 Å². The third-order valence-electron chi connectivity index (χ3n) is 2.24. The fourth-order valence-electron chi connectivity index (χ4n) is 1.43. The molecular weight excluding hydrogens is 162 g/mol. The van der Waals surface area contributed by atoms with E-state index in [-0.39, 0.29) is 0 Å². The minimum atomic E-state index is 0.442. The van der Waals surface area contributed by atoms with Crippen LogP contribution in [0.5, 0.6) is 0 Å². The van der Waals surface area contributed by atoms with Gasteiger partial charge in [0.25, 0.3) is 0 Å². The minimum Gasteiger partial charge on any atom is -0.400 e. The van der Waals surface area contributed by atoms with Crippen molar-refractivity contribution in [2.75, 3.05) is 13.7 Å². The highest BCUT2D eigenvalue weighted by atomic mass is 16.5. The molecule has 0 aromatic carbocycles. The second kappa shape index (κ2) is 6.72. The van der Waals surface area contributed by atoms with Crippen LogP contribution in [0.1, 0.15) is 20.3 Å². The molecule has 0 saturated heterocycles. The predicted molar refractivity (Wildman–Crippen MR) is 57.3 cm³/mol. The topological polar surface area (TPSA) is 35.2 Å². The first-order valence-corrected chi connectivity index (χ1v) is 4.73. The fourth-order valence-corrected chi connectivity index (χ4v) is 1.43. The lowest BCUT2D eigenvalue weighted by Gasteiger charge is -2.16. The summed E-state index contributed by atoms with van der Waals surface area (Å²) in [6.45, 7) is 8.62. The molecule has 76 valence electrons. The molecule has 2 nitrogen and oxygen atoms in total. The Bertz CT molecular complexity index is 175. The third-order valence-corrected chi connectivity index (χ3v) is 2.24. The van der Waals surface area contributed by atoms with Gasteiger partial charge in [-0.2, -0.15) is 0 Å². The first-order valence-electron chi connectivity index (χ1n) is 4.73. The van der Waals surface area contributed by atoms with E-state index in [4.69, 9.17) is 10.5 Å². The molecule has 0 aromatic rings. The third kappa shape index (κ3) is 4.73. The SMILES string of the molecule is C=CC(CC)C(C)/C=C(\N)COC. The summed E-state index contributed by atoms with van der Waals surface area (Å²) in [4.78, 5) is 0. The molecule has 0 spiro atoms. The van der Waals surface area contributed by atoms with Gasteiger partial charge in [-0.15, -0.1) is 6.58 Å². The Hall–Kier alpha value is -0.760. The van der Waals surface area contributed by atoms with E-state index in [1.807, 2.05) is 6.08 Å². The molecule has 0 heterocycles. The van der Waals surface area contributed by atoms with Crippen molar-refractivity contribution in [1.29, 1.82) is 0 Å². The summed E-state index contributed by atoms with van der Waals surface area (Å²) in [6, 6.07) is 0. The van der Waals surface area contributed by atoms with Crippen molar-refractivity contribution >= 4 is 0 Å². The smallest absolute Gasteiger partial charge is 0.0853 e. The molecule has 0 bridgehead atoms. The van der Waals surface area contributed by atoms with Crippen molar-refractivity contribution in [3.8, 4) is 0 Å². The molecule has 2 atom stereocenters. The summed E-state index contributed by atoms with van der Waals surface area (Å²) in [5, 5.41) is 0. The Morgan fingerprint density at radius 3 is 2.62 bits per heavy atom. The van der Waals surface area contributed by atoms with E-state index in [0.29, 0.717) is 18.4 Å². The number of rotatable bonds is 6. The molecule has 0 aliphatic heterocycles. The van der Waals surface area contributed by atoms with E-state index in [0.717, 1.165) is 12.1 Å². The van der Waals surface area contributed by atoms with Crippen LogP contribution in [-0.4, -0.2) is 13.7 Å². The molecule has 13 heavy (non-hydrogen) atoms. The zero-order chi connectivity index (χ0) is 10.3. The molecule has 0 fully saturated rings. The number of allylic oxidation sites excluding steroid dienone is 2. The highest BCUT2D eigenvalue weighted by Crippen LogP contribution is 2.18. The maximum atomic E-state index is 5.73. The van der Waals surface area contributed by atoms with Crippen LogP contribution < -0.4 is 5.73 Å². The molecule has 0 rings (SSSR count). The maximum Gasteiger partial charge on any atom is 0.0853 e. The zero-order valence-corrected chi connectivity index (χ0v) is 8.92. The van der Waals surface area contributed by atoms with Crippen molar-refractivity contribution in [2.24, 2.45) is 17.6 Å². The van der Waals surface area contributed by atoms with Crippen molar-refractivity contribution in [2.45, 2.75) is 20.3 Å². The van der Waals surface area contributed by atoms with E-state index >= 15 is 0 Å². The van der Waals surface area contributed by atoms with Crippen LogP contribution in [0.3, 0.4) is 0 Å². The van der Waals surface area contributed by atoms with Crippen LogP contribution in [0.25, 0.3) is 0 Å². The first kappa shape index (κ1) is 12.2. The van der Waals surface area contributed by atoms with E-state index in [1.165, 1.54) is 0 Å². The molecule has 0 aliphatic rings. The van der Waals surface area contributed by atoms with Crippen LogP contribution in [0.4, 0.5) is 0 Å². The summed E-state index contributed by atoms with van der Waals surface area (Å²) in [6.07, 6.45) is 5.14. The summed E-state index contributed by atoms with van der Waals surface area (Å²) in [5.74, 6) is 0.952. The Kier molecular flexibility index (Phi) is 6.33. The van der Waals surface area contributed by atoms with Crippen LogP contribution >= 0.6 is 0 Å². The fraction of sp³-hybridized carbons (Fsp3) is 0.636. The van der Waals surface area contributed by atoms with Crippen LogP contribution in [0.15, 0.2) is 24.4 Å². The zero-order valence-electron chi connectivity index (χ0n) is 8.92. The van der Waals surface area contributed by atoms with Gasteiger partial charge in [0.2, 0.25) is 0 Å². The number of methoxy groups -OCH3 is 1. The van der Waals surface area contributed by atoms with Gasteiger partial charge < -0.3 is 10.5 Å². The largest absolute Gasteiger partial charge is 0.400 e. The van der Waals surface area contributed by atoms with Crippen LogP contribution in [-0.2, 0) is 4.74 Å². The number of hydrogen-bond donors (Lipinski definition) is 1. The van der Waals surface area contributed by atoms with Gasteiger partial charge in [0.05, 0.1) is 6.61 Å². The standard InChI is InChI=1S/C11H21NO/c1-5-10(6-2)9(3)7-11(12)8-13-4/h5,7,9-10H,1,6,8,12H2,2-4H3/b11-7-. The molecule has 0 radical (unpaired) electrons. The number of hydrogen-bond acceptors (Lipinski definition) is 2. The van der Waals surface area contributed by atoms with Gasteiger partial charge in [0, 0.05) is 12.8 Å². The van der Waals surface area contributed by atoms with Gasteiger partial charge in [-0.3, -0.25) is 0 Å². The maximum absolute atomic E-state index is 5.73. The molecule has 0 aliphatic carbocycles. The lowest BCUT2D eigenvalue weighted by atomic mass is 9.91. The highest BCUT2D eigenvalue weighted by Gasteiger charge is 2.09. The number of nitrogens with two attached hydrogens (primary N) is 1. The molecule has 2 N–H and O–H groups in total. The summed E-state index contributed by atoms with van der Waals surface area (Å²) in [5.41, 5.74) is 6.54. The van der Waals surface area contributed by atoms with Gasteiger partial charge in [0.1, 0.15) is 0 Å². The highest BCUT2D eigenvalue weighted by molar-refractivity contribution is 5.02. The second-order valence-corrected chi connectivity index (χ2v) is 3.34. The van der Waals surface area contributed by atoms with Gasteiger partial charge in [-0.1, -0.05) is 26.0 Å². The predicted octanol–water partition coefficient (Wildman–Crippen LogP) is 2.32. The summed E-state index contributed by atoms with van der Waals surface area (Å²) in [7, 11) is 1.65. The Balaban J connectivity index is 4.16.